The number of carbonyl (C=O) groups is 2. The second kappa shape index (κ2) is 11.4. The van der Waals surface area contributed by atoms with E-state index in [0.717, 1.165) is 42.9 Å². The van der Waals surface area contributed by atoms with Crippen LogP contribution in [0.4, 0.5) is 5.88 Å². The van der Waals surface area contributed by atoms with Crippen LogP contribution in [0.1, 0.15) is 41.9 Å². The smallest absolute Gasteiger partial charge is 0.266 e. The first-order valence-corrected chi connectivity index (χ1v) is 13.6. The van der Waals surface area contributed by atoms with E-state index < -0.39 is 0 Å². The molecule has 7 nitrogen and oxygen atoms in total. The lowest BCUT2D eigenvalue weighted by atomic mass is 10.1. The lowest BCUT2D eigenvalue weighted by Crippen LogP contribution is -2.41. The zero-order chi connectivity index (χ0) is 25.8. The van der Waals surface area contributed by atoms with Gasteiger partial charge in [-0.05, 0) is 56.0 Å². The number of nitrogens with zero attached hydrogens (tertiary/aromatic N) is 3. The first-order chi connectivity index (χ1) is 18.0. The summed E-state index contributed by atoms with van der Waals surface area (Å²) in [5, 5.41) is 0. The Kier molecular flexibility index (Phi) is 7.81. The first kappa shape index (κ1) is 25.4. The Morgan fingerprint density at radius 2 is 1.81 bits per heavy atom. The molecule has 0 radical (unpaired) electrons. The SMILES string of the molecule is Cc1ccc(/C=C2\SC(=S)N(CC(=O)N(Cc3ccco3)Cc3ccc(N4CCCCC4)o3)C2=O)cc1. The normalized spacial score (nSPS) is 17.2. The van der Waals surface area contributed by atoms with Crippen LogP contribution in [0, 0.1) is 6.92 Å². The van der Waals surface area contributed by atoms with Crippen molar-refractivity contribution in [2.24, 2.45) is 0 Å². The highest BCUT2D eigenvalue weighted by Crippen LogP contribution is 2.33. The molecule has 0 atom stereocenters. The molecule has 2 amide bonds. The average Bonchev–Trinajstić information content (AvgIpc) is 3.65. The third-order valence-corrected chi connectivity index (χ3v) is 7.86. The van der Waals surface area contributed by atoms with E-state index in [9.17, 15) is 9.59 Å². The summed E-state index contributed by atoms with van der Waals surface area (Å²) < 4.78 is 12.0. The molecule has 0 N–H and O–H groups in total. The number of furan rings is 2. The molecule has 5 rings (SSSR count). The van der Waals surface area contributed by atoms with Crippen LogP contribution in [0.5, 0.6) is 0 Å². The number of amides is 2. The van der Waals surface area contributed by atoms with Crippen molar-refractivity contribution in [2.45, 2.75) is 39.3 Å². The maximum atomic E-state index is 13.5. The topological polar surface area (TPSA) is 70.1 Å². The number of anilines is 1. The van der Waals surface area contributed by atoms with Crippen LogP contribution < -0.4 is 4.90 Å². The van der Waals surface area contributed by atoms with E-state index in [1.54, 1.807) is 17.2 Å². The van der Waals surface area contributed by atoms with Gasteiger partial charge < -0.3 is 18.6 Å². The van der Waals surface area contributed by atoms with Crippen LogP contribution in [0.25, 0.3) is 6.08 Å². The maximum absolute atomic E-state index is 13.5. The van der Waals surface area contributed by atoms with Crippen LogP contribution in [0.2, 0.25) is 0 Å². The number of benzene rings is 1. The van der Waals surface area contributed by atoms with Gasteiger partial charge in [-0.3, -0.25) is 14.5 Å². The maximum Gasteiger partial charge on any atom is 0.266 e. The first-order valence-electron chi connectivity index (χ1n) is 12.4. The van der Waals surface area contributed by atoms with Gasteiger partial charge in [-0.1, -0.05) is 53.8 Å². The summed E-state index contributed by atoms with van der Waals surface area (Å²) in [6.07, 6.45) is 6.95. The van der Waals surface area contributed by atoms with Crippen molar-refractivity contribution in [3.63, 3.8) is 0 Å². The van der Waals surface area contributed by atoms with E-state index in [4.69, 9.17) is 21.1 Å². The van der Waals surface area contributed by atoms with Crippen LogP contribution in [-0.2, 0) is 22.7 Å². The van der Waals surface area contributed by atoms with Crippen molar-refractivity contribution >= 4 is 52.1 Å². The Hall–Kier alpha value is -3.30. The lowest BCUT2D eigenvalue weighted by Gasteiger charge is -2.26. The summed E-state index contributed by atoms with van der Waals surface area (Å²) in [5.41, 5.74) is 2.06. The Bertz CT molecular complexity index is 1290. The van der Waals surface area contributed by atoms with E-state index in [-0.39, 0.29) is 31.4 Å². The van der Waals surface area contributed by atoms with Gasteiger partial charge in [0.25, 0.3) is 5.91 Å². The Balaban J connectivity index is 1.29. The van der Waals surface area contributed by atoms with Gasteiger partial charge in [-0.25, -0.2) is 0 Å². The summed E-state index contributed by atoms with van der Waals surface area (Å²) >= 11 is 6.69. The molecular formula is C28H29N3O4S2. The lowest BCUT2D eigenvalue weighted by molar-refractivity contribution is -0.136. The van der Waals surface area contributed by atoms with Crippen LogP contribution in [0.3, 0.4) is 0 Å². The van der Waals surface area contributed by atoms with Gasteiger partial charge in [-0.2, -0.15) is 0 Å². The predicted octanol–water partition coefficient (Wildman–Crippen LogP) is 5.60. The number of piperidine rings is 1. The highest BCUT2D eigenvalue weighted by molar-refractivity contribution is 8.26. The molecule has 2 saturated heterocycles. The minimum absolute atomic E-state index is 0.143. The van der Waals surface area contributed by atoms with Gasteiger partial charge in [0.2, 0.25) is 5.91 Å². The van der Waals surface area contributed by atoms with Gasteiger partial charge in [0.1, 0.15) is 22.4 Å². The molecule has 0 unspecified atom stereocenters. The number of hydrogen-bond donors (Lipinski definition) is 0. The van der Waals surface area contributed by atoms with Gasteiger partial charge in [-0.15, -0.1) is 0 Å². The highest BCUT2D eigenvalue weighted by Gasteiger charge is 2.34. The standard InChI is InChI=1S/C28H29N3O4S2/c1-20-7-9-21(10-8-20)16-24-27(33)31(28(36)37-24)19-25(32)30(17-22-6-5-15-34-22)18-23-11-12-26(35-23)29-13-3-2-4-14-29/h5-12,15-16H,2-4,13-14,17-19H2,1H3/b24-16-. The molecule has 37 heavy (non-hydrogen) atoms. The molecule has 192 valence electrons. The number of carbonyl (C=O) groups excluding carboxylic acids is 2. The van der Waals surface area contributed by atoms with Gasteiger partial charge in [0.15, 0.2) is 5.88 Å². The Morgan fingerprint density at radius 1 is 1.05 bits per heavy atom. The predicted molar refractivity (Wildman–Crippen MR) is 149 cm³/mol. The number of aryl methyl sites for hydroxylation is 1. The average molecular weight is 536 g/mol. The molecule has 0 saturated carbocycles. The minimum atomic E-state index is -0.257. The molecule has 2 aromatic heterocycles. The molecule has 0 spiro atoms. The van der Waals surface area contributed by atoms with Crippen molar-refractivity contribution in [1.29, 1.82) is 0 Å². The third kappa shape index (κ3) is 6.17. The van der Waals surface area contributed by atoms with Gasteiger partial charge >= 0.3 is 0 Å². The largest absolute Gasteiger partial charge is 0.467 e. The number of rotatable bonds is 8. The molecule has 3 aromatic rings. The number of thiocarbonyl (C=S) groups is 1. The van der Waals surface area contributed by atoms with Gasteiger partial charge in [0, 0.05) is 19.2 Å². The molecule has 0 aliphatic carbocycles. The second-order valence-electron chi connectivity index (χ2n) is 9.30. The second-order valence-corrected chi connectivity index (χ2v) is 11.0. The summed E-state index contributed by atoms with van der Waals surface area (Å²) in [5.74, 6) is 1.68. The van der Waals surface area contributed by atoms with Crippen LogP contribution in [0.15, 0.2) is 68.5 Å². The molecule has 2 aliphatic heterocycles. The van der Waals surface area contributed by atoms with Crippen LogP contribution >= 0.6 is 24.0 Å². The molecular weight excluding hydrogens is 506 g/mol. The Labute approximate surface area is 226 Å². The molecule has 4 heterocycles. The number of thioether (sulfide) groups is 1. The summed E-state index contributed by atoms with van der Waals surface area (Å²) in [4.78, 5) is 32.4. The van der Waals surface area contributed by atoms with Crippen molar-refractivity contribution in [3.8, 4) is 0 Å². The van der Waals surface area contributed by atoms with E-state index >= 15 is 0 Å². The molecule has 2 fully saturated rings. The Morgan fingerprint density at radius 3 is 2.54 bits per heavy atom. The quantitative estimate of drug-likeness (QED) is 0.275. The number of hydrogen-bond acceptors (Lipinski definition) is 7. The van der Waals surface area contributed by atoms with Crippen molar-refractivity contribution in [3.05, 3.63) is 82.3 Å². The minimum Gasteiger partial charge on any atom is -0.467 e. The fraction of sp³-hybridized carbons (Fsp3) is 0.321. The van der Waals surface area contributed by atoms with Crippen molar-refractivity contribution in [1.82, 2.24) is 9.80 Å². The zero-order valence-electron chi connectivity index (χ0n) is 20.7. The van der Waals surface area contributed by atoms with Crippen molar-refractivity contribution in [2.75, 3.05) is 24.5 Å². The third-order valence-electron chi connectivity index (χ3n) is 6.48. The molecule has 1 aromatic carbocycles. The molecule has 9 heteroatoms. The van der Waals surface area contributed by atoms with E-state index in [1.807, 2.05) is 55.5 Å². The summed E-state index contributed by atoms with van der Waals surface area (Å²) in [6.45, 7) is 4.36. The zero-order valence-corrected chi connectivity index (χ0v) is 22.4. The molecule has 0 bridgehead atoms. The van der Waals surface area contributed by atoms with Gasteiger partial charge in [0.05, 0.1) is 24.3 Å². The summed E-state index contributed by atoms with van der Waals surface area (Å²) in [7, 11) is 0. The summed E-state index contributed by atoms with van der Waals surface area (Å²) in [6, 6.07) is 15.4. The van der Waals surface area contributed by atoms with E-state index in [2.05, 4.69) is 4.90 Å². The highest BCUT2D eigenvalue weighted by atomic mass is 32.2. The fourth-order valence-electron chi connectivity index (χ4n) is 4.43. The van der Waals surface area contributed by atoms with Crippen molar-refractivity contribution < 1.29 is 18.4 Å². The fourth-order valence-corrected chi connectivity index (χ4v) is 5.69. The monoisotopic (exact) mass is 535 g/mol. The van der Waals surface area contributed by atoms with Crippen LogP contribution in [-0.4, -0.2) is 45.6 Å². The molecule has 2 aliphatic rings. The van der Waals surface area contributed by atoms with E-state index in [1.165, 1.54) is 23.1 Å². The van der Waals surface area contributed by atoms with E-state index in [0.29, 0.717) is 20.7 Å².